The van der Waals surface area contributed by atoms with Crippen LogP contribution in [0.2, 0.25) is 0 Å². The van der Waals surface area contributed by atoms with E-state index in [2.05, 4.69) is 0 Å². The van der Waals surface area contributed by atoms with Gasteiger partial charge in [-0.1, -0.05) is 6.07 Å². The van der Waals surface area contributed by atoms with E-state index in [1.807, 2.05) is 12.1 Å². The van der Waals surface area contributed by atoms with E-state index in [0.717, 1.165) is 21.6 Å². The highest BCUT2D eigenvalue weighted by atomic mass is 32.2. The first kappa shape index (κ1) is 8.75. The Balaban J connectivity index is 2.71. The van der Waals surface area contributed by atoms with Crippen LogP contribution in [0.1, 0.15) is 5.56 Å². The van der Waals surface area contributed by atoms with Crippen LogP contribution < -0.4 is 0 Å². The van der Waals surface area contributed by atoms with E-state index in [-0.39, 0.29) is 5.75 Å². The standard InChI is InChI=1S/C9H8O2S2/c1-12-8-3-2-7-4-5-13(10,11)9(7)6-8/h1-3,6H,4-5H2. The fraction of sp³-hybridized carbons (Fsp3) is 0.222. The quantitative estimate of drug-likeness (QED) is 0.656. The van der Waals surface area contributed by atoms with Crippen LogP contribution >= 0.6 is 11.2 Å². The summed E-state index contributed by atoms with van der Waals surface area (Å²) in [6, 6.07) is 5.35. The van der Waals surface area contributed by atoms with Crippen molar-refractivity contribution < 1.29 is 8.42 Å². The van der Waals surface area contributed by atoms with E-state index < -0.39 is 9.84 Å². The molecule has 0 fully saturated rings. The molecule has 0 saturated heterocycles. The summed E-state index contributed by atoms with van der Waals surface area (Å²) in [4.78, 5) is 1.26. The average molecular weight is 212 g/mol. The minimum absolute atomic E-state index is 0.237. The molecule has 0 atom stereocenters. The number of aryl methyl sites for hydroxylation is 1. The van der Waals surface area contributed by atoms with Gasteiger partial charge >= 0.3 is 0 Å². The van der Waals surface area contributed by atoms with Gasteiger partial charge in [0.1, 0.15) is 0 Å². The average Bonchev–Trinajstić information content (AvgIpc) is 2.42. The Bertz CT molecular complexity index is 495. The highest BCUT2D eigenvalue weighted by Crippen LogP contribution is 2.27. The Hall–Kier alpha value is -0.830. The van der Waals surface area contributed by atoms with Crippen LogP contribution in [0.25, 0.3) is 0 Å². The first-order valence-electron chi connectivity index (χ1n) is 3.86. The van der Waals surface area contributed by atoms with E-state index in [9.17, 15) is 8.42 Å². The maximum Gasteiger partial charge on any atom is 0.179 e. The van der Waals surface area contributed by atoms with Crippen LogP contribution in [-0.2, 0) is 16.3 Å². The molecular formula is C9H8O2S2. The lowest BCUT2D eigenvalue weighted by Crippen LogP contribution is -1.98. The Morgan fingerprint density at radius 3 is 2.85 bits per heavy atom. The van der Waals surface area contributed by atoms with Crippen molar-refractivity contribution in [1.29, 1.82) is 0 Å². The second-order valence-electron chi connectivity index (χ2n) is 2.96. The van der Waals surface area contributed by atoms with E-state index in [4.69, 9.17) is 5.69 Å². The predicted molar refractivity (Wildman–Crippen MR) is 53.0 cm³/mol. The van der Waals surface area contributed by atoms with Gasteiger partial charge in [-0.05, 0) is 24.1 Å². The monoisotopic (exact) mass is 212 g/mol. The molecule has 0 radical (unpaired) electrons. The highest BCUT2D eigenvalue weighted by Gasteiger charge is 2.25. The summed E-state index contributed by atoms with van der Waals surface area (Å²) in [7, 11) is -3.01. The second-order valence-corrected chi connectivity index (χ2v) is 5.74. The maximum absolute atomic E-state index is 11.5. The second kappa shape index (κ2) is 2.84. The molecule has 0 spiro atoms. The fourth-order valence-electron chi connectivity index (χ4n) is 1.46. The van der Waals surface area contributed by atoms with Gasteiger partial charge in [0.2, 0.25) is 0 Å². The van der Waals surface area contributed by atoms with Crippen molar-refractivity contribution in [3.8, 4) is 5.69 Å². The van der Waals surface area contributed by atoms with Crippen molar-refractivity contribution in [3.05, 3.63) is 23.8 Å². The molecule has 1 aliphatic rings. The maximum atomic E-state index is 11.5. The van der Waals surface area contributed by atoms with Crippen LogP contribution in [0.3, 0.4) is 0 Å². The van der Waals surface area contributed by atoms with Gasteiger partial charge in [0.05, 0.1) is 10.6 Å². The summed E-state index contributed by atoms with van der Waals surface area (Å²) < 4.78 is 22.9. The van der Waals surface area contributed by atoms with Crippen LogP contribution in [0.15, 0.2) is 28.0 Å². The van der Waals surface area contributed by atoms with Crippen LogP contribution in [0.5, 0.6) is 0 Å². The molecule has 0 unspecified atom stereocenters. The molecule has 1 aliphatic heterocycles. The molecule has 13 heavy (non-hydrogen) atoms. The minimum atomic E-state index is -3.01. The van der Waals surface area contributed by atoms with E-state index in [1.165, 1.54) is 0 Å². The Labute approximate surface area is 81.1 Å². The number of hydrogen-bond acceptors (Lipinski definition) is 2. The Morgan fingerprint density at radius 1 is 1.38 bits per heavy atom. The summed E-state index contributed by atoms with van der Waals surface area (Å²) in [5.74, 6) is 0.237. The van der Waals surface area contributed by atoms with Gasteiger partial charge in [0, 0.05) is 4.90 Å². The molecule has 0 aliphatic carbocycles. The summed E-state index contributed by atoms with van der Waals surface area (Å²) in [5.41, 5.74) is 6.27. The number of hydrogen-bond donors (Lipinski definition) is 0. The zero-order chi connectivity index (χ0) is 9.47. The third kappa shape index (κ3) is 1.37. The lowest BCUT2D eigenvalue weighted by molar-refractivity contribution is 0.600. The molecule has 1 aromatic rings. The molecule has 1 heterocycles. The van der Waals surface area contributed by atoms with Crippen molar-refractivity contribution in [3.63, 3.8) is 0 Å². The first-order chi connectivity index (χ1) is 6.13. The zero-order valence-corrected chi connectivity index (χ0v) is 8.49. The SMILES string of the molecule is C#Sc1ccc2c(c1)S(=O)(=O)CC2. The van der Waals surface area contributed by atoms with Crippen LogP contribution in [0, 0.1) is 5.69 Å². The molecule has 0 aromatic heterocycles. The highest BCUT2D eigenvalue weighted by molar-refractivity contribution is 7.92. The summed E-state index contributed by atoms with van der Waals surface area (Å²) >= 11 is 1.07. The van der Waals surface area contributed by atoms with Crippen molar-refractivity contribution >= 4 is 21.0 Å². The van der Waals surface area contributed by atoms with Crippen molar-refractivity contribution in [1.82, 2.24) is 0 Å². The van der Waals surface area contributed by atoms with Crippen molar-refractivity contribution in [2.75, 3.05) is 5.75 Å². The van der Waals surface area contributed by atoms with E-state index in [0.29, 0.717) is 11.3 Å². The summed E-state index contributed by atoms with van der Waals surface area (Å²) in [6.45, 7) is 0. The Morgan fingerprint density at radius 2 is 2.15 bits per heavy atom. The molecule has 1 aromatic carbocycles. The zero-order valence-electron chi connectivity index (χ0n) is 6.86. The first-order valence-corrected chi connectivity index (χ1v) is 6.39. The molecule has 0 amide bonds. The topological polar surface area (TPSA) is 34.1 Å². The van der Waals surface area contributed by atoms with Gasteiger partial charge in [-0.15, -0.1) is 16.9 Å². The molecule has 2 rings (SSSR count). The van der Waals surface area contributed by atoms with Crippen LogP contribution in [0.4, 0.5) is 0 Å². The normalized spacial score (nSPS) is 18.1. The van der Waals surface area contributed by atoms with Crippen LogP contribution in [-0.4, -0.2) is 14.2 Å². The van der Waals surface area contributed by atoms with Gasteiger partial charge in [-0.2, -0.15) is 0 Å². The van der Waals surface area contributed by atoms with E-state index >= 15 is 0 Å². The predicted octanol–water partition coefficient (Wildman–Crippen LogP) is 1.70. The molecule has 0 bridgehead atoms. The number of fused-ring (bicyclic) bond motifs is 1. The molecule has 0 saturated carbocycles. The third-order valence-corrected chi connectivity index (χ3v) is 4.47. The fourth-order valence-corrected chi connectivity index (χ4v) is 3.45. The third-order valence-electron chi connectivity index (χ3n) is 2.15. The largest absolute Gasteiger partial charge is 0.224 e. The Kier molecular flexibility index (Phi) is 1.91. The molecular weight excluding hydrogens is 204 g/mol. The van der Waals surface area contributed by atoms with Crippen molar-refractivity contribution in [2.45, 2.75) is 16.2 Å². The number of rotatable bonds is 0. The van der Waals surface area contributed by atoms with Crippen molar-refractivity contribution in [2.24, 2.45) is 0 Å². The smallest absolute Gasteiger partial charge is 0.179 e. The molecule has 0 N–H and O–H groups in total. The summed E-state index contributed by atoms with van der Waals surface area (Å²) in [6.07, 6.45) is 0.632. The van der Waals surface area contributed by atoms with E-state index in [1.54, 1.807) is 6.07 Å². The molecule has 4 heteroatoms. The van der Waals surface area contributed by atoms with Gasteiger partial charge in [0.25, 0.3) is 0 Å². The van der Waals surface area contributed by atoms with Gasteiger partial charge < -0.3 is 0 Å². The van der Waals surface area contributed by atoms with Gasteiger partial charge in [0.15, 0.2) is 9.84 Å². The molecule has 2 nitrogen and oxygen atoms in total. The molecule has 68 valence electrons. The van der Waals surface area contributed by atoms with Gasteiger partial charge in [-0.3, -0.25) is 0 Å². The lowest BCUT2D eigenvalue weighted by atomic mass is 10.2. The summed E-state index contributed by atoms with van der Waals surface area (Å²) in [5, 5.41) is 0. The lowest BCUT2D eigenvalue weighted by Gasteiger charge is -1.97. The number of benzene rings is 1. The number of sulfone groups is 1. The minimum Gasteiger partial charge on any atom is -0.224 e. The van der Waals surface area contributed by atoms with Gasteiger partial charge in [-0.25, -0.2) is 8.42 Å².